The lowest BCUT2D eigenvalue weighted by Crippen LogP contribution is -2.36. The Hall–Kier alpha value is -0.0800. The highest BCUT2D eigenvalue weighted by Gasteiger charge is 2.24. The zero-order valence-corrected chi connectivity index (χ0v) is 10.00. The predicted molar refractivity (Wildman–Crippen MR) is 62.3 cm³/mol. The van der Waals surface area contributed by atoms with E-state index in [0.29, 0.717) is 6.04 Å². The van der Waals surface area contributed by atoms with Gasteiger partial charge < -0.3 is 10.6 Å². The topological polar surface area (TPSA) is 29.3 Å². The number of hydrogen-bond donors (Lipinski definition) is 1. The molecule has 0 aromatic heterocycles. The van der Waals surface area contributed by atoms with Crippen molar-refractivity contribution in [3.63, 3.8) is 0 Å². The number of rotatable bonds is 5. The molecule has 84 valence electrons. The molecule has 2 heteroatoms. The molecule has 0 spiro atoms. The van der Waals surface area contributed by atoms with Crippen LogP contribution in [0.2, 0.25) is 0 Å². The van der Waals surface area contributed by atoms with Crippen LogP contribution < -0.4 is 5.73 Å². The Balaban J connectivity index is 2.22. The van der Waals surface area contributed by atoms with Crippen molar-refractivity contribution in [3.05, 3.63) is 0 Å². The summed E-state index contributed by atoms with van der Waals surface area (Å²) in [6.07, 6.45) is 5.19. The summed E-state index contributed by atoms with van der Waals surface area (Å²) in [5, 5.41) is 0. The first-order valence-corrected chi connectivity index (χ1v) is 6.07. The first-order chi connectivity index (χ1) is 6.63. The van der Waals surface area contributed by atoms with Gasteiger partial charge in [-0.2, -0.15) is 0 Å². The third-order valence-electron chi connectivity index (χ3n) is 3.58. The molecule has 1 aliphatic rings. The molecule has 1 rings (SSSR count). The molecule has 0 aromatic rings. The van der Waals surface area contributed by atoms with Crippen LogP contribution in [0.1, 0.15) is 39.5 Å². The van der Waals surface area contributed by atoms with Crippen molar-refractivity contribution in [1.29, 1.82) is 0 Å². The molecule has 0 bridgehead atoms. The highest BCUT2D eigenvalue weighted by Crippen LogP contribution is 2.24. The van der Waals surface area contributed by atoms with E-state index in [2.05, 4.69) is 25.8 Å². The molecule has 3 atom stereocenters. The van der Waals surface area contributed by atoms with Gasteiger partial charge in [-0.05, 0) is 31.7 Å². The van der Waals surface area contributed by atoms with Gasteiger partial charge in [-0.3, -0.25) is 0 Å². The van der Waals surface area contributed by atoms with E-state index in [1.807, 2.05) is 0 Å². The molecule has 0 saturated heterocycles. The summed E-state index contributed by atoms with van der Waals surface area (Å²) in [4.78, 5) is 2.46. The highest BCUT2D eigenvalue weighted by molar-refractivity contribution is 4.82. The van der Waals surface area contributed by atoms with Gasteiger partial charge in [0.15, 0.2) is 0 Å². The molecular formula is C12H26N2. The summed E-state index contributed by atoms with van der Waals surface area (Å²) in [6, 6.07) is 0.467. The summed E-state index contributed by atoms with van der Waals surface area (Å²) in [6.45, 7) is 7.01. The summed E-state index contributed by atoms with van der Waals surface area (Å²) in [7, 11) is 2.23. The van der Waals surface area contributed by atoms with Crippen molar-refractivity contribution in [2.45, 2.75) is 45.6 Å². The standard InChI is InChI=1S/C12H26N2/c1-4-10(2)8-14(3)9-11-6-5-7-12(11)13/h10-12H,4-9,13H2,1-3H3. The van der Waals surface area contributed by atoms with Gasteiger partial charge >= 0.3 is 0 Å². The minimum Gasteiger partial charge on any atom is -0.327 e. The van der Waals surface area contributed by atoms with E-state index in [4.69, 9.17) is 5.73 Å². The van der Waals surface area contributed by atoms with E-state index >= 15 is 0 Å². The van der Waals surface area contributed by atoms with Crippen LogP contribution in [0.3, 0.4) is 0 Å². The lowest BCUT2D eigenvalue weighted by Gasteiger charge is -2.25. The summed E-state index contributed by atoms with van der Waals surface area (Å²) < 4.78 is 0. The molecule has 0 aliphatic heterocycles. The quantitative estimate of drug-likeness (QED) is 0.733. The van der Waals surface area contributed by atoms with Crippen LogP contribution in [0.15, 0.2) is 0 Å². The average molecular weight is 198 g/mol. The minimum atomic E-state index is 0.467. The monoisotopic (exact) mass is 198 g/mol. The van der Waals surface area contributed by atoms with Crippen molar-refractivity contribution in [3.8, 4) is 0 Å². The normalized spacial score (nSPS) is 29.8. The smallest absolute Gasteiger partial charge is 0.00793 e. The second-order valence-corrected chi connectivity index (χ2v) is 5.09. The summed E-state index contributed by atoms with van der Waals surface area (Å²) in [5.74, 6) is 1.57. The van der Waals surface area contributed by atoms with Gasteiger partial charge in [-0.25, -0.2) is 0 Å². The minimum absolute atomic E-state index is 0.467. The predicted octanol–water partition coefficient (Wildman–Crippen LogP) is 2.09. The van der Waals surface area contributed by atoms with E-state index in [1.165, 1.54) is 38.8 Å². The molecule has 2 N–H and O–H groups in total. The maximum absolute atomic E-state index is 6.06. The second kappa shape index (κ2) is 5.72. The van der Waals surface area contributed by atoms with Crippen LogP contribution in [0.5, 0.6) is 0 Å². The van der Waals surface area contributed by atoms with Crippen LogP contribution in [0.4, 0.5) is 0 Å². The molecular weight excluding hydrogens is 172 g/mol. The van der Waals surface area contributed by atoms with Crippen molar-refractivity contribution >= 4 is 0 Å². The fourth-order valence-electron chi connectivity index (χ4n) is 2.43. The third kappa shape index (κ3) is 3.58. The van der Waals surface area contributed by atoms with Gasteiger partial charge in [0.1, 0.15) is 0 Å². The Labute approximate surface area is 88.8 Å². The Morgan fingerprint density at radius 1 is 1.43 bits per heavy atom. The Bertz CT molecular complexity index is 158. The summed E-state index contributed by atoms with van der Waals surface area (Å²) >= 11 is 0. The van der Waals surface area contributed by atoms with Crippen LogP contribution in [-0.2, 0) is 0 Å². The largest absolute Gasteiger partial charge is 0.327 e. The van der Waals surface area contributed by atoms with Gasteiger partial charge in [0.05, 0.1) is 0 Å². The lowest BCUT2D eigenvalue weighted by molar-refractivity contribution is 0.234. The fraction of sp³-hybridized carbons (Fsp3) is 1.00. The second-order valence-electron chi connectivity index (χ2n) is 5.09. The van der Waals surface area contributed by atoms with Crippen LogP contribution in [-0.4, -0.2) is 31.1 Å². The molecule has 1 saturated carbocycles. The van der Waals surface area contributed by atoms with Crippen molar-refractivity contribution < 1.29 is 0 Å². The van der Waals surface area contributed by atoms with E-state index in [-0.39, 0.29) is 0 Å². The lowest BCUT2D eigenvalue weighted by atomic mass is 10.0. The molecule has 0 radical (unpaired) electrons. The highest BCUT2D eigenvalue weighted by atomic mass is 15.1. The van der Waals surface area contributed by atoms with Gasteiger partial charge in [0.25, 0.3) is 0 Å². The van der Waals surface area contributed by atoms with Crippen molar-refractivity contribution in [2.24, 2.45) is 17.6 Å². The van der Waals surface area contributed by atoms with Gasteiger partial charge in [-0.1, -0.05) is 26.7 Å². The Morgan fingerprint density at radius 2 is 2.14 bits per heavy atom. The van der Waals surface area contributed by atoms with Crippen molar-refractivity contribution in [2.75, 3.05) is 20.1 Å². The molecule has 1 fully saturated rings. The molecule has 14 heavy (non-hydrogen) atoms. The molecule has 0 amide bonds. The maximum Gasteiger partial charge on any atom is 0.00793 e. The van der Waals surface area contributed by atoms with Gasteiger partial charge in [0.2, 0.25) is 0 Å². The first kappa shape index (κ1) is 12.0. The van der Waals surface area contributed by atoms with Gasteiger partial charge in [0, 0.05) is 19.1 Å². The zero-order chi connectivity index (χ0) is 10.6. The summed E-state index contributed by atoms with van der Waals surface area (Å²) in [5.41, 5.74) is 6.06. The van der Waals surface area contributed by atoms with E-state index in [9.17, 15) is 0 Å². The third-order valence-corrected chi connectivity index (χ3v) is 3.58. The Morgan fingerprint density at radius 3 is 2.64 bits per heavy atom. The fourth-order valence-corrected chi connectivity index (χ4v) is 2.43. The average Bonchev–Trinajstić information content (AvgIpc) is 2.51. The van der Waals surface area contributed by atoms with Crippen LogP contribution in [0, 0.1) is 11.8 Å². The van der Waals surface area contributed by atoms with Gasteiger partial charge in [-0.15, -0.1) is 0 Å². The van der Waals surface area contributed by atoms with E-state index in [1.54, 1.807) is 0 Å². The molecule has 2 nitrogen and oxygen atoms in total. The zero-order valence-electron chi connectivity index (χ0n) is 10.00. The molecule has 3 unspecified atom stereocenters. The molecule has 0 heterocycles. The number of hydrogen-bond acceptors (Lipinski definition) is 2. The maximum atomic E-state index is 6.06. The SMILES string of the molecule is CCC(C)CN(C)CC1CCCC1N. The van der Waals surface area contributed by atoms with Crippen LogP contribution in [0.25, 0.3) is 0 Å². The Kier molecular flexibility index (Phi) is 4.90. The van der Waals surface area contributed by atoms with Crippen molar-refractivity contribution in [1.82, 2.24) is 4.90 Å². The number of nitrogens with two attached hydrogens (primary N) is 1. The molecule has 0 aromatic carbocycles. The van der Waals surface area contributed by atoms with E-state index in [0.717, 1.165) is 11.8 Å². The van der Waals surface area contributed by atoms with E-state index < -0.39 is 0 Å². The molecule has 1 aliphatic carbocycles. The number of nitrogens with zero attached hydrogens (tertiary/aromatic N) is 1. The first-order valence-electron chi connectivity index (χ1n) is 6.07. The van der Waals surface area contributed by atoms with Crippen LogP contribution >= 0.6 is 0 Å².